The average molecular weight is 564 g/mol. The molecule has 9 heteroatoms. The van der Waals surface area contributed by atoms with Crippen molar-refractivity contribution in [1.82, 2.24) is 20.0 Å². The standard InChI is InChI=1S/C22H34ClN5O2.HI/c1-4-24-21(25-17-22(26(2)3)9-13-30-14-10-22)28-12-11-27(20(29)16-28)15-18-5-7-19(23)8-6-18;/h5-8H,4,9-17H2,1-3H3,(H,24,25);1H. The van der Waals surface area contributed by atoms with Gasteiger partial charge in [-0.05, 0) is 51.6 Å². The van der Waals surface area contributed by atoms with Crippen LogP contribution in [0.5, 0.6) is 0 Å². The summed E-state index contributed by atoms with van der Waals surface area (Å²) in [7, 11) is 4.24. The van der Waals surface area contributed by atoms with E-state index in [2.05, 4.69) is 36.1 Å². The number of halogens is 2. The van der Waals surface area contributed by atoms with E-state index in [1.807, 2.05) is 29.2 Å². The van der Waals surface area contributed by atoms with Crippen molar-refractivity contribution in [3.63, 3.8) is 0 Å². The van der Waals surface area contributed by atoms with Gasteiger partial charge in [-0.2, -0.15) is 0 Å². The highest BCUT2D eigenvalue weighted by atomic mass is 127. The Kier molecular flexibility index (Phi) is 10.3. The number of hydrogen-bond donors (Lipinski definition) is 1. The van der Waals surface area contributed by atoms with Crippen molar-refractivity contribution in [3.05, 3.63) is 34.9 Å². The normalized spacial score (nSPS) is 19.4. The van der Waals surface area contributed by atoms with Crippen molar-refractivity contribution in [2.75, 3.05) is 60.0 Å². The van der Waals surface area contributed by atoms with Crippen molar-refractivity contribution in [2.24, 2.45) is 4.99 Å². The summed E-state index contributed by atoms with van der Waals surface area (Å²) in [5.74, 6) is 0.944. The first-order chi connectivity index (χ1) is 14.4. The molecule has 0 spiro atoms. The summed E-state index contributed by atoms with van der Waals surface area (Å²) in [6.07, 6.45) is 1.94. The maximum atomic E-state index is 12.8. The maximum Gasteiger partial charge on any atom is 0.242 e. The number of nitrogens with zero attached hydrogens (tertiary/aromatic N) is 4. The van der Waals surface area contributed by atoms with Crippen LogP contribution in [0.1, 0.15) is 25.3 Å². The number of carbonyl (C=O) groups is 1. The molecule has 0 aliphatic carbocycles. The van der Waals surface area contributed by atoms with E-state index in [1.165, 1.54) is 0 Å². The van der Waals surface area contributed by atoms with Gasteiger partial charge in [0.25, 0.3) is 0 Å². The van der Waals surface area contributed by atoms with Gasteiger partial charge in [0.05, 0.1) is 13.1 Å². The van der Waals surface area contributed by atoms with Crippen molar-refractivity contribution in [3.8, 4) is 0 Å². The fraction of sp³-hybridized carbons (Fsp3) is 0.636. The Morgan fingerprint density at radius 2 is 1.90 bits per heavy atom. The maximum absolute atomic E-state index is 12.8. The molecule has 0 atom stereocenters. The van der Waals surface area contributed by atoms with Gasteiger partial charge in [-0.3, -0.25) is 9.79 Å². The molecule has 2 heterocycles. The Morgan fingerprint density at radius 3 is 2.48 bits per heavy atom. The van der Waals surface area contributed by atoms with E-state index >= 15 is 0 Å². The van der Waals surface area contributed by atoms with E-state index in [1.54, 1.807) is 0 Å². The van der Waals surface area contributed by atoms with E-state index in [9.17, 15) is 4.79 Å². The zero-order valence-corrected chi connectivity index (χ0v) is 21.9. The summed E-state index contributed by atoms with van der Waals surface area (Å²) in [6.45, 7) is 7.48. The highest BCUT2D eigenvalue weighted by Gasteiger charge is 2.35. The topological polar surface area (TPSA) is 60.4 Å². The number of benzene rings is 1. The molecule has 3 rings (SSSR count). The van der Waals surface area contributed by atoms with Gasteiger partial charge in [-0.1, -0.05) is 23.7 Å². The summed E-state index contributed by atoms with van der Waals surface area (Å²) in [6, 6.07) is 7.68. The molecule has 2 aliphatic rings. The second-order valence-electron chi connectivity index (χ2n) is 8.26. The molecule has 1 amide bonds. The molecule has 1 aromatic carbocycles. The summed E-state index contributed by atoms with van der Waals surface area (Å²) in [4.78, 5) is 24.0. The average Bonchev–Trinajstić information content (AvgIpc) is 2.74. The lowest BCUT2D eigenvalue weighted by Crippen LogP contribution is -2.56. The first-order valence-corrected chi connectivity index (χ1v) is 11.1. The molecule has 0 aromatic heterocycles. The molecule has 0 bridgehead atoms. The first kappa shape index (κ1) is 26.2. The SMILES string of the molecule is CCNC(=NCC1(N(C)C)CCOCC1)N1CCN(Cc2ccc(Cl)cc2)C(=O)C1.I. The highest BCUT2D eigenvalue weighted by molar-refractivity contribution is 14.0. The monoisotopic (exact) mass is 563 g/mol. The third-order valence-electron chi connectivity index (χ3n) is 6.14. The summed E-state index contributed by atoms with van der Waals surface area (Å²) in [5.41, 5.74) is 1.11. The Morgan fingerprint density at radius 1 is 1.23 bits per heavy atom. The number of amides is 1. The number of piperazine rings is 1. The molecule has 2 aliphatic heterocycles. The summed E-state index contributed by atoms with van der Waals surface area (Å²) >= 11 is 5.96. The van der Waals surface area contributed by atoms with E-state index in [4.69, 9.17) is 21.3 Å². The van der Waals surface area contributed by atoms with Gasteiger partial charge >= 0.3 is 0 Å². The van der Waals surface area contributed by atoms with Crippen LogP contribution in [-0.4, -0.2) is 92.1 Å². The van der Waals surface area contributed by atoms with Gasteiger partial charge in [-0.15, -0.1) is 24.0 Å². The molecule has 31 heavy (non-hydrogen) atoms. The fourth-order valence-electron chi connectivity index (χ4n) is 4.01. The minimum atomic E-state index is 0. The van der Waals surface area contributed by atoms with E-state index in [0.717, 1.165) is 50.7 Å². The summed E-state index contributed by atoms with van der Waals surface area (Å²) < 4.78 is 5.57. The van der Waals surface area contributed by atoms with E-state index in [0.29, 0.717) is 31.2 Å². The Hall–Kier alpha value is -1.10. The fourth-order valence-corrected chi connectivity index (χ4v) is 4.14. The second-order valence-corrected chi connectivity index (χ2v) is 8.70. The molecule has 1 N–H and O–H groups in total. The highest BCUT2D eigenvalue weighted by Crippen LogP contribution is 2.26. The molecule has 0 saturated carbocycles. The predicted molar refractivity (Wildman–Crippen MR) is 136 cm³/mol. The van der Waals surface area contributed by atoms with Crippen molar-refractivity contribution >= 4 is 47.4 Å². The lowest BCUT2D eigenvalue weighted by molar-refractivity contribution is -0.135. The lowest BCUT2D eigenvalue weighted by atomic mass is 9.89. The van der Waals surface area contributed by atoms with Crippen molar-refractivity contribution in [1.29, 1.82) is 0 Å². The van der Waals surface area contributed by atoms with Gasteiger partial charge < -0.3 is 24.8 Å². The molecular formula is C22H35ClIN5O2. The van der Waals surface area contributed by atoms with Crippen LogP contribution in [0, 0.1) is 0 Å². The van der Waals surface area contributed by atoms with Gasteiger partial charge in [0.2, 0.25) is 5.91 Å². The zero-order valence-electron chi connectivity index (χ0n) is 18.8. The lowest BCUT2D eigenvalue weighted by Gasteiger charge is -2.42. The number of ether oxygens (including phenoxy) is 1. The molecule has 2 saturated heterocycles. The van der Waals surface area contributed by atoms with Gasteiger partial charge in [0.1, 0.15) is 0 Å². The number of aliphatic imine (C=N–C) groups is 1. The number of hydrogen-bond acceptors (Lipinski definition) is 4. The van der Waals surface area contributed by atoms with E-state index < -0.39 is 0 Å². The van der Waals surface area contributed by atoms with Crippen LogP contribution in [0.25, 0.3) is 0 Å². The minimum absolute atomic E-state index is 0. The third kappa shape index (κ3) is 6.94. The van der Waals surface area contributed by atoms with Crippen LogP contribution in [0.2, 0.25) is 5.02 Å². The Bertz CT molecular complexity index is 738. The number of rotatable bonds is 6. The molecule has 1 aromatic rings. The molecular weight excluding hydrogens is 529 g/mol. The minimum Gasteiger partial charge on any atom is -0.381 e. The van der Waals surface area contributed by atoms with Crippen LogP contribution >= 0.6 is 35.6 Å². The van der Waals surface area contributed by atoms with Crippen LogP contribution in [0.4, 0.5) is 0 Å². The van der Waals surface area contributed by atoms with Gasteiger partial charge in [-0.25, -0.2) is 0 Å². The molecule has 7 nitrogen and oxygen atoms in total. The van der Waals surface area contributed by atoms with Gasteiger partial charge in [0.15, 0.2) is 5.96 Å². The largest absolute Gasteiger partial charge is 0.381 e. The molecule has 0 radical (unpaired) electrons. The van der Waals surface area contributed by atoms with Crippen molar-refractivity contribution in [2.45, 2.75) is 31.8 Å². The van der Waals surface area contributed by atoms with Crippen LogP contribution in [0.3, 0.4) is 0 Å². The number of nitrogens with one attached hydrogen (secondary N) is 1. The Balaban J connectivity index is 0.00000341. The molecule has 174 valence electrons. The third-order valence-corrected chi connectivity index (χ3v) is 6.39. The van der Waals surface area contributed by atoms with Crippen LogP contribution in [-0.2, 0) is 16.1 Å². The van der Waals surface area contributed by atoms with Gasteiger partial charge in [0, 0.05) is 50.0 Å². The van der Waals surface area contributed by atoms with Crippen LogP contribution in [0.15, 0.2) is 29.3 Å². The predicted octanol–water partition coefficient (Wildman–Crippen LogP) is 2.68. The number of carbonyl (C=O) groups excluding carboxylic acids is 1. The Labute approximate surface area is 208 Å². The van der Waals surface area contributed by atoms with E-state index in [-0.39, 0.29) is 35.4 Å². The molecule has 2 fully saturated rings. The quantitative estimate of drug-likeness (QED) is 0.328. The smallest absolute Gasteiger partial charge is 0.242 e. The van der Waals surface area contributed by atoms with Crippen LogP contribution < -0.4 is 5.32 Å². The van der Waals surface area contributed by atoms with Crippen molar-refractivity contribution < 1.29 is 9.53 Å². The second kappa shape index (κ2) is 12.2. The molecule has 0 unspecified atom stereocenters. The summed E-state index contributed by atoms with van der Waals surface area (Å²) in [5, 5.41) is 4.09. The zero-order chi connectivity index (χ0) is 21.6. The number of guanidine groups is 1. The first-order valence-electron chi connectivity index (χ1n) is 10.7. The number of likely N-dealkylation sites (N-methyl/N-ethyl adjacent to an activating group) is 1.